The third-order valence-corrected chi connectivity index (χ3v) is 3.92. The van der Waals surface area contributed by atoms with Crippen molar-refractivity contribution in [3.63, 3.8) is 0 Å². The van der Waals surface area contributed by atoms with Gasteiger partial charge in [-0.3, -0.25) is 4.79 Å². The van der Waals surface area contributed by atoms with Crippen LogP contribution in [0, 0.1) is 0 Å². The minimum absolute atomic E-state index is 0.0410. The summed E-state index contributed by atoms with van der Waals surface area (Å²) in [5.41, 5.74) is 0.720. The number of aryl methyl sites for hydroxylation is 1. The SMILES string of the molecule is COc1c(CCCC(=O)O)ccc(S(C)(=O)=O)c1OC. The second-order valence-electron chi connectivity index (χ2n) is 4.31. The average molecular weight is 302 g/mol. The van der Waals surface area contributed by atoms with E-state index < -0.39 is 15.8 Å². The lowest BCUT2D eigenvalue weighted by atomic mass is 10.1. The van der Waals surface area contributed by atoms with Crippen LogP contribution in [0.5, 0.6) is 11.5 Å². The number of hydrogen-bond donors (Lipinski definition) is 1. The van der Waals surface area contributed by atoms with Gasteiger partial charge in [0.25, 0.3) is 0 Å². The number of carbonyl (C=O) groups is 1. The topological polar surface area (TPSA) is 89.9 Å². The van der Waals surface area contributed by atoms with Crippen molar-refractivity contribution in [2.75, 3.05) is 20.5 Å². The molecule has 1 N–H and O–H groups in total. The van der Waals surface area contributed by atoms with E-state index in [1.54, 1.807) is 6.07 Å². The molecular weight excluding hydrogens is 284 g/mol. The number of carboxylic acid groups (broad SMARTS) is 1. The molecule has 20 heavy (non-hydrogen) atoms. The van der Waals surface area contributed by atoms with E-state index in [1.165, 1.54) is 20.3 Å². The molecule has 1 aromatic carbocycles. The van der Waals surface area contributed by atoms with Gasteiger partial charge in [0.05, 0.1) is 14.2 Å². The molecular formula is C13H18O6S. The normalized spacial score (nSPS) is 11.2. The molecule has 0 heterocycles. The summed E-state index contributed by atoms with van der Waals surface area (Å²) in [6.07, 6.45) is 2.04. The molecule has 0 saturated carbocycles. The highest BCUT2D eigenvalue weighted by Crippen LogP contribution is 2.37. The van der Waals surface area contributed by atoms with E-state index in [0.29, 0.717) is 18.6 Å². The first-order valence-electron chi connectivity index (χ1n) is 5.97. The highest BCUT2D eigenvalue weighted by atomic mass is 32.2. The second-order valence-corrected chi connectivity index (χ2v) is 6.29. The minimum Gasteiger partial charge on any atom is -0.493 e. The van der Waals surface area contributed by atoms with Crippen molar-refractivity contribution in [2.24, 2.45) is 0 Å². The molecule has 0 aliphatic heterocycles. The van der Waals surface area contributed by atoms with Crippen LogP contribution < -0.4 is 9.47 Å². The molecule has 1 aromatic rings. The van der Waals surface area contributed by atoms with Crippen LogP contribution in [0.4, 0.5) is 0 Å². The monoisotopic (exact) mass is 302 g/mol. The number of rotatable bonds is 7. The van der Waals surface area contributed by atoms with Crippen molar-refractivity contribution in [1.29, 1.82) is 0 Å². The van der Waals surface area contributed by atoms with Gasteiger partial charge in [0.15, 0.2) is 21.3 Å². The van der Waals surface area contributed by atoms with Gasteiger partial charge in [0, 0.05) is 12.7 Å². The Labute approximate surface area is 118 Å². The summed E-state index contributed by atoms with van der Waals surface area (Å²) in [6.45, 7) is 0. The molecule has 112 valence electrons. The lowest BCUT2D eigenvalue weighted by Crippen LogP contribution is -2.05. The van der Waals surface area contributed by atoms with Crippen molar-refractivity contribution in [1.82, 2.24) is 0 Å². The van der Waals surface area contributed by atoms with E-state index in [-0.39, 0.29) is 17.1 Å². The maximum Gasteiger partial charge on any atom is 0.303 e. The summed E-state index contributed by atoms with van der Waals surface area (Å²) in [5.74, 6) is -0.382. The number of ether oxygens (including phenoxy) is 2. The summed E-state index contributed by atoms with van der Waals surface area (Å²) < 4.78 is 33.7. The molecule has 1 rings (SSSR count). The standard InChI is InChI=1S/C13H18O6S/c1-18-12-9(5-4-6-11(14)15)7-8-10(13(12)19-2)20(3,16)17/h7-8H,4-6H2,1-3H3,(H,14,15). The molecule has 6 nitrogen and oxygen atoms in total. The van der Waals surface area contributed by atoms with Crippen molar-refractivity contribution in [2.45, 2.75) is 24.2 Å². The molecule has 7 heteroatoms. The third-order valence-electron chi connectivity index (χ3n) is 2.80. The van der Waals surface area contributed by atoms with Crippen LogP contribution in [0.15, 0.2) is 17.0 Å². The number of hydrogen-bond acceptors (Lipinski definition) is 5. The lowest BCUT2D eigenvalue weighted by molar-refractivity contribution is -0.137. The zero-order valence-corrected chi connectivity index (χ0v) is 12.5. The molecule has 0 atom stereocenters. The van der Waals surface area contributed by atoms with Gasteiger partial charge in [-0.2, -0.15) is 0 Å². The van der Waals surface area contributed by atoms with E-state index in [9.17, 15) is 13.2 Å². The Morgan fingerprint density at radius 1 is 1.20 bits per heavy atom. The lowest BCUT2D eigenvalue weighted by Gasteiger charge is -2.15. The molecule has 0 bridgehead atoms. The number of carboxylic acids is 1. The molecule has 0 radical (unpaired) electrons. The maximum atomic E-state index is 11.7. The maximum absolute atomic E-state index is 11.7. The average Bonchev–Trinajstić information content (AvgIpc) is 2.36. The molecule has 0 aliphatic rings. The van der Waals surface area contributed by atoms with Crippen LogP contribution in [0.3, 0.4) is 0 Å². The van der Waals surface area contributed by atoms with Crippen LogP contribution in [-0.4, -0.2) is 40.0 Å². The van der Waals surface area contributed by atoms with E-state index in [4.69, 9.17) is 14.6 Å². The van der Waals surface area contributed by atoms with E-state index >= 15 is 0 Å². The van der Waals surface area contributed by atoms with E-state index in [2.05, 4.69) is 0 Å². The van der Waals surface area contributed by atoms with Crippen molar-refractivity contribution < 1.29 is 27.8 Å². The van der Waals surface area contributed by atoms with Crippen molar-refractivity contribution in [3.8, 4) is 11.5 Å². The smallest absolute Gasteiger partial charge is 0.303 e. The zero-order chi connectivity index (χ0) is 15.3. The summed E-state index contributed by atoms with van der Waals surface area (Å²) >= 11 is 0. The van der Waals surface area contributed by atoms with Crippen LogP contribution in [-0.2, 0) is 21.1 Å². The first-order valence-corrected chi connectivity index (χ1v) is 7.86. The van der Waals surface area contributed by atoms with Gasteiger partial charge in [-0.15, -0.1) is 0 Å². The molecule has 0 saturated heterocycles. The van der Waals surface area contributed by atoms with Gasteiger partial charge >= 0.3 is 5.97 Å². The number of methoxy groups -OCH3 is 2. The van der Waals surface area contributed by atoms with E-state index in [0.717, 1.165) is 11.8 Å². The predicted molar refractivity (Wildman–Crippen MR) is 73.2 cm³/mol. The fourth-order valence-electron chi connectivity index (χ4n) is 1.92. The van der Waals surface area contributed by atoms with Crippen LogP contribution in [0.2, 0.25) is 0 Å². The fourth-order valence-corrected chi connectivity index (χ4v) is 2.75. The molecule has 0 aromatic heterocycles. The van der Waals surface area contributed by atoms with Crippen LogP contribution in [0.25, 0.3) is 0 Å². The highest BCUT2D eigenvalue weighted by Gasteiger charge is 2.21. The summed E-state index contributed by atoms with van der Waals surface area (Å²) in [4.78, 5) is 10.6. The number of benzene rings is 1. The summed E-state index contributed by atoms with van der Waals surface area (Å²) in [5, 5.41) is 8.63. The Bertz CT molecular complexity index is 591. The van der Waals surface area contributed by atoms with Crippen LogP contribution >= 0.6 is 0 Å². The number of sulfone groups is 1. The summed E-state index contributed by atoms with van der Waals surface area (Å²) in [7, 11) is -0.638. The van der Waals surface area contributed by atoms with Gasteiger partial charge in [0.2, 0.25) is 0 Å². The Hall–Kier alpha value is -1.76. The second kappa shape index (κ2) is 6.60. The first kappa shape index (κ1) is 16.3. The fraction of sp³-hybridized carbons (Fsp3) is 0.462. The Morgan fingerprint density at radius 2 is 1.80 bits per heavy atom. The number of aliphatic carboxylic acids is 1. The Kier molecular flexibility index (Phi) is 5.38. The third kappa shape index (κ3) is 3.86. The predicted octanol–water partition coefficient (Wildman–Crippen LogP) is 1.51. The van der Waals surface area contributed by atoms with Gasteiger partial charge < -0.3 is 14.6 Å². The van der Waals surface area contributed by atoms with Gasteiger partial charge in [-0.05, 0) is 24.5 Å². The summed E-state index contributed by atoms with van der Waals surface area (Å²) in [6, 6.07) is 3.08. The zero-order valence-electron chi connectivity index (χ0n) is 11.7. The van der Waals surface area contributed by atoms with Gasteiger partial charge in [-0.25, -0.2) is 8.42 Å². The quantitative estimate of drug-likeness (QED) is 0.821. The molecule has 0 unspecified atom stereocenters. The highest BCUT2D eigenvalue weighted by molar-refractivity contribution is 7.90. The minimum atomic E-state index is -3.43. The largest absolute Gasteiger partial charge is 0.493 e. The first-order chi connectivity index (χ1) is 9.31. The van der Waals surface area contributed by atoms with Gasteiger partial charge in [0.1, 0.15) is 4.90 Å². The Balaban J connectivity index is 3.19. The molecule has 0 spiro atoms. The van der Waals surface area contributed by atoms with E-state index in [1.807, 2.05) is 0 Å². The van der Waals surface area contributed by atoms with Crippen molar-refractivity contribution >= 4 is 15.8 Å². The molecule has 0 amide bonds. The van der Waals surface area contributed by atoms with Crippen LogP contribution in [0.1, 0.15) is 18.4 Å². The van der Waals surface area contributed by atoms with Crippen molar-refractivity contribution in [3.05, 3.63) is 17.7 Å². The molecule has 0 aliphatic carbocycles. The van der Waals surface area contributed by atoms with Gasteiger partial charge in [-0.1, -0.05) is 6.07 Å². The Morgan fingerprint density at radius 3 is 2.25 bits per heavy atom. The molecule has 0 fully saturated rings.